The number of nitrogens with zero attached hydrogens (tertiary/aromatic N) is 2. The molecule has 0 saturated carbocycles. The fraction of sp³-hybridized carbons (Fsp3) is 0.571. The summed E-state index contributed by atoms with van der Waals surface area (Å²) in [5, 5.41) is 0. The highest BCUT2D eigenvalue weighted by Crippen LogP contribution is 2.23. The maximum atomic E-state index is 12.6. The molecule has 1 unspecified atom stereocenters. The Hall–Kier alpha value is -0.620. The molecule has 1 atom stereocenters. The lowest BCUT2D eigenvalue weighted by Crippen LogP contribution is -2.33. The minimum atomic E-state index is -3.46. The van der Waals surface area contributed by atoms with Crippen molar-refractivity contribution in [3.63, 3.8) is 0 Å². The van der Waals surface area contributed by atoms with Crippen LogP contribution in [0, 0.1) is 5.92 Å². The molecule has 112 valence electrons. The van der Waals surface area contributed by atoms with Crippen LogP contribution in [-0.2, 0) is 15.9 Å². The molecule has 20 heavy (non-hydrogen) atoms. The van der Waals surface area contributed by atoms with E-state index in [0.29, 0.717) is 22.9 Å². The van der Waals surface area contributed by atoms with Gasteiger partial charge < -0.3 is 4.90 Å². The summed E-state index contributed by atoms with van der Waals surface area (Å²) in [7, 11) is 0.262. The van der Waals surface area contributed by atoms with Crippen molar-refractivity contribution >= 4 is 21.6 Å². The van der Waals surface area contributed by atoms with Crippen LogP contribution < -0.4 is 0 Å². The largest absolute Gasteiger partial charge is 0.306 e. The first-order valence-electron chi connectivity index (χ1n) is 6.74. The zero-order valence-electron chi connectivity index (χ0n) is 11.9. The minimum Gasteiger partial charge on any atom is -0.306 e. The summed E-state index contributed by atoms with van der Waals surface area (Å²) in [5.74, 6) is 0.609. The third kappa shape index (κ3) is 3.34. The molecule has 1 aliphatic heterocycles. The second kappa shape index (κ2) is 6.43. The van der Waals surface area contributed by atoms with Crippen molar-refractivity contribution in [2.45, 2.75) is 17.2 Å². The van der Waals surface area contributed by atoms with Crippen molar-refractivity contribution in [2.24, 2.45) is 5.92 Å². The summed E-state index contributed by atoms with van der Waals surface area (Å²) < 4.78 is 26.7. The van der Waals surface area contributed by atoms with Gasteiger partial charge in [-0.15, -0.1) is 11.6 Å². The summed E-state index contributed by atoms with van der Waals surface area (Å²) in [5.41, 5.74) is 0.657. The number of likely N-dealkylation sites (tertiary alicyclic amines) is 1. The molecule has 0 spiro atoms. The fourth-order valence-electron chi connectivity index (χ4n) is 2.67. The van der Waals surface area contributed by atoms with Gasteiger partial charge in [0.1, 0.15) is 0 Å². The maximum Gasteiger partial charge on any atom is 0.243 e. The summed E-state index contributed by atoms with van der Waals surface area (Å²) in [4.78, 5) is 2.56. The molecule has 1 aromatic rings. The van der Waals surface area contributed by atoms with Crippen LogP contribution in [0.1, 0.15) is 12.0 Å². The SMILES string of the molecule is CN1CCC(CN(C)S(=O)(=O)c2ccccc2CCl)C1. The molecule has 0 aromatic heterocycles. The average molecular weight is 317 g/mol. The number of rotatable bonds is 5. The smallest absolute Gasteiger partial charge is 0.243 e. The number of halogens is 1. The minimum absolute atomic E-state index is 0.204. The van der Waals surface area contributed by atoms with Crippen molar-refractivity contribution in [3.8, 4) is 0 Å². The molecule has 4 nitrogen and oxygen atoms in total. The van der Waals surface area contributed by atoms with E-state index in [1.54, 1.807) is 25.2 Å². The Balaban J connectivity index is 2.17. The number of hydrogen-bond donors (Lipinski definition) is 0. The predicted octanol–water partition coefficient (Wildman–Crippen LogP) is 2.00. The standard InChI is InChI=1S/C14H21ClN2O2S/c1-16-8-7-12(10-16)11-17(2)20(18,19)14-6-4-3-5-13(14)9-15/h3-6,12H,7-11H2,1-2H3. The number of hydrogen-bond acceptors (Lipinski definition) is 3. The molecule has 1 fully saturated rings. The Morgan fingerprint density at radius 3 is 2.70 bits per heavy atom. The summed E-state index contributed by atoms with van der Waals surface area (Å²) in [6.45, 7) is 2.55. The first kappa shape index (κ1) is 15.8. The van der Waals surface area contributed by atoms with E-state index < -0.39 is 10.0 Å². The van der Waals surface area contributed by atoms with Gasteiger partial charge in [-0.1, -0.05) is 18.2 Å². The summed E-state index contributed by atoms with van der Waals surface area (Å²) >= 11 is 5.84. The van der Waals surface area contributed by atoms with Crippen molar-refractivity contribution in [1.29, 1.82) is 0 Å². The summed E-state index contributed by atoms with van der Waals surface area (Å²) in [6, 6.07) is 6.93. The highest BCUT2D eigenvalue weighted by Gasteiger charge is 2.28. The van der Waals surface area contributed by atoms with E-state index in [1.165, 1.54) is 4.31 Å². The third-order valence-electron chi connectivity index (χ3n) is 3.81. The molecule has 0 bridgehead atoms. The molecule has 1 aromatic carbocycles. The lowest BCUT2D eigenvalue weighted by atomic mass is 10.1. The van der Waals surface area contributed by atoms with Crippen molar-refractivity contribution < 1.29 is 8.42 Å². The normalized spacial score (nSPS) is 20.7. The number of benzene rings is 1. The molecule has 1 aliphatic rings. The second-order valence-corrected chi connectivity index (χ2v) is 7.72. The number of alkyl halides is 1. The van der Waals surface area contributed by atoms with Gasteiger partial charge in [-0.2, -0.15) is 0 Å². The Morgan fingerprint density at radius 1 is 1.40 bits per heavy atom. The zero-order chi connectivity index (χ0) is 14.8. The Kier molecular flexibility index (Phi) is 5.07. The zero-order valence-corrected chi connectivity index (χ0v) is 13.5. The van der Waals surface area contributed by atoms with E-state index in [2.05, 4.69) is 11.9 Å². The molecule has 0 amide bonds. The van der Waals surface area contributed by atoms with Crippen LogP contribution in [0.5, 0.6) is 0 Å². The van der Waals surface area contributed by atoms with Crippen LogP contribution >= 0.6 is 11.6 Å². The highest BCUT2D eigenvalue weighted by molar-refractivity contribution is 7.89. The second-order valence-electron chi connectivity index (χ2n) is 5.44. The van der Waals surface area contributed by atoms with Gasteiger partial charge in [0.2, 0.25) is 10.0 Å². The molecule has 6 heteroatoms. The van der Waals surface area contributed by atoms with E-state index in [0.717, 1.165) is 19.5 Å². The first-order chi connectivity index (χ1) is 9.45. The monoisotopic (exact) mass is 316 g/mol. The van der Waals surface area contributed by atoms with Crippen LogP contribution in [0.3, 0.4) is 0 Å². The molecule has 0 N–H and O–H groups in total. The van der Waals surface area contributed by atoms with Crippen LogP contribution in [0.15, 0.2) is 29.2 Å². The molecule has 2 rings (SSSR count). The maximum absolute atomic E-state index is 12.6. The fourth-order valence-corrected chi connectivity index (χ4v) is 4.45. The average Bonchev–Trinajstić information content (AvgIpc) is 2.84. The molecule has 1 heterocycles. The lowest BCUT2D eigenvalue weighted by molar-refractivity contribution is 0.356. The highest BCUT2D eigenvalue weighted by atomic mass is 35.5. The molecule has 1 saturated heterocycles. The van der Waals surface area contributed by atoms with Crippen LogP contribution in [0.25, 0.3) is 0 Å². The molecular weight excluding hydrogens is 296 g/mol. The van der Waals surface area contributed by atoms with Gasteiger partial charge in [-0.25, -0.2) is 12.7 Å². The van der Waals surface area contributed by atoms with Gasteiger partial charge in [0.05, 0.1) is 4.90 Å². The number of sulfonamides is 1. The van der Waals surface area contributed by atoms with E-state index in [4.69, 9.17) is 11.6 Å². The topological polar surface area (TPSA) is 40.6 Å². The lowest BCUT2D eigenvalue weighted by Gasteiger charge is -2.22. The first-order valence-corrected chi connectivity index (χ1v) is 8.71. The van der Waals surface area contributed by atoms with E-state index >= 15 is 0 Å². The van der Waals surface area contributed by atoms with Crippen LogP contribution in [0.2, 0.25) is 0 Å². The summed E-state index contributed by atoms with van der Waals surface area (Å²) in [6.07, 6.45) is 1.05. The van der Waals surface area contributed by atoms with E-state index in [-0.39, 0.29) is 5.88 Å². The van der Waals surface area contributed by atoms with Gasteiger partial charge in [-0.3, -0.25) is 0 Å². The molecule has 0 radical (unpaired) electrons. The third-order valence-corrected chi connectivity index (χ3v) is 6.02. The van der Waals surface area contributed by atoms with Crippen molar-refractivity contribution in [2.75, 3.05) is 33.7 Å². The van der Waals surface area contributed by atoms with Crippen LogP contribution in [0.4, 0.5) is 0 Å². The Morgan fingerprint density at radius 2 is 2.10 bits per heavy atom. The van der Waals surface area contributed by atoms with Crippen molar-refractivity contribution in [3.05, 3.63) is 29.8 Å². The van der Waals surface area contributed by atoms with Gasteiger partial charge in [0.25, 0.3) is 0 Å². The van der Waals surface area contributed by atoms with E-state index in [9.17, 15) is 8.42 Å². The van der Waals surface area contributed by atoms with E-state index in [1.807, 2.05) is 6.07 Å². The van der Waals surface area contributed by atoms with Gasteiger partial charge >= 0.3 is 0 Å². The Labute approximate surface area is 126 Å². The van der Waals surface area contributed by atoms with Gasteiger partial charge in [0, 0.05) is 26.0 Å². The predicted molar refractivity (Wildman–Crippen MR) is 81.4 cm³/mol. The molecular formula is C14H21ClN2O2S. The van der Waals surface area contributed by atoms with Crippen LogP contribution in [-0.4, -0.2) is 51.4 Å². The molecule has 0 aliphatic carbocycles. The van der Waals surface area contributed by atoms with Gasteiger partial charge in [-0.05, 0) is 37.6 Å². The quantitative estimate of drug-likeness (QED) is 0.780. The van der Waals surface area contributed by atoms with Crippen molar-refractivity contribution in [1.82, 2.24) is 9.21 Å². The van der Waals surface area contributed by atoms with Gasteiger partial charge in [0.15, 0.2) is 0 Å². The Bertz CT molecular complexity index is 562.